The summed E-state index contributed by atoms with van der Waals surface area (Å²) in [5.41, 5.74) is 0.912. The Morgan fingerprint density at radius 3 is 1.83 bits per heavy atom. The number of rotatable bonds is 8. The molecule has 0 amide bonds. The van der Waals surface area contributed by atoms with Gasteiger partial charge in [0.1, 0.15) is 5.82 Å². The molecule has 1 atom stereocenters. The highest BCUT2D eigenvalue weighted by atomic mass is 28.4. The van der Waals surface area contributed by atoms with E-state index in [4.69, 9.17) is 4.43 Å². The van der Waals surface area contributed by atoms with Gasteiger partial charge in [0.25, 0.3) is 8.32 Å². The molecule has 4 rings (SSSR count). The van der Waals surface area contributed by atoms with Gasteiger partial charge in [-0.3, -0.25) is 4.79 Å². The third-order valence-electron chi connectivity index (χ3n) is 7.74. The number of halogens is 1. The molecule has 1 saturated carbocycles. The average molecular weight is 505 g/mol. The molecular formula is C31H37FO3Si. The van der Waals surface area contributed by atoms with Crippen LogP contribution in [-0.4, -0.2) is 25.5 Å². The average Bonchev–Trinajstić information content (AvgIpc) is 2.87. The monoisotopic (exact) mass is 504 g/mol. The van der Waals surface area contributed by atoms with E-state index >= 15 is 0 Å². The molecule has 0 spiro atoms. The maximum atomic E-state index is 13.5. The van der Waals surface area contributed by atoms with E-state index in [9.17, 15) is 14.3 Å². The number of aliphatic carboxylic acids is 1. The van der Waals surface area contributed by atoms with Gasteiger partial charge in [-0.15, -0.1) is 0 Å². The number of benzene rings is 3. The van der Waals surface area contributed by atoms with Crippen LogP contribution in [0.5, 0.6) is 0 Å². The van der Waals surface area contributed by atoms with Crippen molar-refractivity contribution in [2.75, 3.05) is 0 Å². The molecule has 0 heterocycles. The summed E-state index contributed by atoms with van der Waals surface area (Å²) >= 11 is 0. The molecule has 3 nitrogen and oxygen atoms in total. The van der Waals surface area contributed by atoms with Gasteiger partial charge in [0.15, 0.2) is 0 Å². The molecule has 1 aliphatic rings. The third-order valence-corrected chi connectivity index (χ3v) is 12.8. The summed E-state index contributed by atoms with van der Waals surface area (Å²) in [7, 11) is -2.62. The Balaban J connectivity index is 1.60. The molecule has 0 radical (unpaired) electrons. The fourth-order valence-electron chi connectivity index (χ4n) is 6.00. The van der Waals surface area contributed by atoms with E-state index in [0.29, 0.717) is 0 Å². The van der Waals surface area contributed by atoms with Gasteiger partial charge in [-0.05, 0) is 70.6 Å². The molecule has 1 N–H and O–H groups in total. The second-order valence-electron chi connectivity index (χ2n) is 11.1. The van der Waals surface area contributed by atoms with Crippen LogP contribution in [0.1, 0.15) is 64.4 Å². The quantitative estimate of drug-likeness (QED) is 0.355. The first-order valence-electron chi connectivity index (χ1n) is 13.0. The van der Waals surface area contributed by atoms with Crippen LogP contribution in [0.25, 0.3) is 0 Å². The van der Waals surface area contributed by atoms with Crippen molar-refractivity contribution >= 4 is 24.7 Å². The van der Waals surface area contributed by atoms with Crippen LogP contribution in [-0.2, 0) is 9.22 Å². The summed E-state index contributed by atoms with van der Waals surface area (Å²) in [6.45, 7) is 6.88. The SMILES string of the molecule is CC(C)(C)[Si](O[C@H]1CC[C@H]([C@@H](CC(=O)O)c2ccc(F)cc2)CC1)(c1ccccc1)c1ccccc1. The van der Waals surface area contributed by atoms with Gasteiger partial charge in [0, 0.05) is 6.10 Å². The molecule has 0 aromatic heterocycles. The van der Waals surface area contributed by atoms with Crippen molar-refractivity contribution in [2.24, 2.45) is 5.92 Å². The lowest BCUT2D eigenvalue weighted by Gasteiger charge is -2.46. The summed E-state index contributed by atoms with van der Waals surface area (Å²) < 4.78 is 20.8. The first kappa shape index (κ1) is 26.3. The van der Waals surface area contributed by atoms with E-state index in [2.05, 4.69) is 81.4 Å². The molecule has 0 saturated heterocycles. The Morgan fingerprint density at radius 1 is 0.889 bits per heavy atom. The van der Waals surface area contributed by atoms with Crippen LogP contribution in [0, 0.1) is 11.7 Å². The normalized spacial score (nSPS) is 19.6. The molecule has 1 aliphatic carbocycles. The fraction of sp³-hybridized carbons (Fsp3) is 0.387. The zero-order valence-corrected chi connectivity index (χ0v) is 22.5. The van der Waals surface area contributed by atoms with Gasteiger partial charge in [-0.2, -0.15) is 0 Å². The van der Waals surface area contributed by atoms with Crippen molar-refractivity contribution in [2.45, 2.75) is 69.9 Å². The minimum atomic E-state index is -2.62. The number of hydrogen-bond acceptors (Lipinski definition) is 2. The molecule has 0 unspecified atom stereocenters. The molecule has 0 bridgehead atoms. The number of carbonyl (C=O) groups is 1. The molecule has 36 heavy (non-hydrogen) atoms. The summed E-state index contributed by atoms with van der Waals surface area (Å²) in [6.07, 6.45) is 3.78. The number of carboxylic acids is 1. The van der Waals surface area contributed by atoms with E-state index in [0.717, 1.165) is 31.2 Å². The fourth-order valence-corrected chi connectivity index (χ4v) is 10.8. The van der Waals surface area contributed by atoms with Gasteiger partial charge in [-0.25, -0.2) is 4.39 Å². The molecule has 3 aromatic carbocycles. The minimum absolute atomic E-state index is 0.0660. The van der Waals surface area contributed by atoms with E-state index in [1.807, 2.05) is 0 Å². The van der Waals surface area contributed by atoms with Gasteiger partial charge in [0.05, 0.1) is 6.42 Å². The zero-order valence-electron chi connectivity index (χ0n) is 21.5. The second-order valence-corrected chi connectivity index (χ2v) is 15.3. The van der Waals surface area contributed by atoms with Crippen LogP contribution in [0.4, 0.5) is 4.39 Å². The number of hydrogen-bond donors (Lipinski definition) is 1. The van der Waals surface area contributed by atoms with E-state index in [1.165, 1.54) is 22.5 Å². The Bertz CT molecular complexity index is 1080. The van der Waals surface area contributed by atoms with E-state index < -0.39 is 14.3 Å². The largest absolute Gasteiger partial charge is 0.481 e. The summed E-state index contributed by atoms with van der Waals surface area (Å²) in [6, 6.07) is 27.7. The highest BCUT2D eigenvalue weighted by Crippen LogP contribution is 2.43. The maximum absolute atomic E-state index is 13.5. The van der Waals surface area contributed by atoms with Crippen molar-refractivity contribution < 1.29 is 18.7 Å². The molecule has 5 heteroatoms. The summed E-state index contributed by atoms with van der Waals surface area (Å²) in [4.78, 5) is 11.7. The first-order chi connectivity index (χ1) is 17.2. The highest BCUT2D eigenvalue weighted by molar-refractivity contribution is 6.99. The van der Waals surface area contributed by atoms with Crippen molar-refractivity contribution in [3.63, 3.8) is 0 Å². The molecule has 0 aliphatic heterocycles. The van der Waals surface area contributed by atoms with Gasteiger partial charge >= 0.3 is 5.97 Å². The van der Waals surface area contributed by atoms with Crippen molar-refractivity contribution in [1.82, 2.24) is 0 Å². The first-order valence-corrected chi connectivity index (χ1v) is 14.9. The van der Waals surface area contributed by atoms with E-state index in [-0.39, 0.29) is 35.2 Å². The number of carboxylic acid groups (broad SMARTS) is 1. The van der Waals surface area contributed by atoms with Crippen molar-refractivity contribution in [3.05, 3.63) is 96.3 Å². The van der Waals surface area contributed by atoms with Crippen LogP contribution < -0.4 is 10.4 Å². The Morgan fingerprint density at radius 2 is 1.39 bits per heavy atom. The Kier molecular flexibility index (Phi) is 8.11. The van der Waals surface area contributed by atoms with E-state index in [1.54, 1.807) is 12.1 Å². The predicted octanol–water partition coefficient (Wildman–Crippen LogP) is 6.52. The topological polar surface area (TPSA) is 46.5 Å². The second kappa shape index (κ2) is 11.1. The predicted molar refractivity (Wildman–Crippen MR) is 146 cm³/mol. The van der Waals surface area contributed by atoms with Crippen molar-refractivity contribution in [3.8, 4) is 0 Å². The molecule has 190 valence electrons. The summed E-state index contributed by atoms with van der Waals surface area (Å²) in [5, 5.41) is 12.1. The minimum Gasteiger partial charge on any atom is -0.481 e. The maximum Gasteiger partial charge on any atom is 0.303 e. The zero-order chi connectivity index (χ0) is 25.8. The van der Waals surface area contributed by atoms with Crippen LogP contribution in [0.3, 0.4) is 0 Å². The highest BCUT2D eigenvalue weighted by Gasteiger charge is 2.51. The Hall–Kier alpha value is -2.76. The standard InChI is InChI=1S/C31H37FO3Si/c1-31(2,3)36(27-10-6-4-7-11-27,28-12-8-5-9-13-28)35-26-20-16-24(17-21-26)29(22-30(33)34)23-14-18-25(32)19-15-23/h4-15,18-19,24,26,29H,16-17,20-22H2,1-3H3,(H,33,34)/t24-,26-,29-/m0/s1. The lowest BCUT2D eigenvalue weighted by Crippen LogP contribution is -2.67. The lowest BCUT2D eigenvalue weighted by atomic mass is 9.74. The molecule has 1 fully saturated rings. The lowest BCUT2D eigenvalue weighted by molar-refractivity contribution is -0.137. The summed E-state index contributed by atoms with van der Waals surface area (Å²) in [5.74, 6) is -0.979. The molecular weight excluding hydrogens is 467 g/mol. The van der Waals surface area contributed by atoms with Gasteiger partial charge in [0.2, 0.25) is 0 Å². The van der Waals surface area contributed by atoms with Crippen LogP contribution in [0.15, 0.2) is 84.9 Å². The van der Waals surface area contributed by atoms with Gasteiger partial charge in [-0.1, -0.05) is 93.6 Å². The van der Waals surface area contributed by atoms with Crippen molar-refractivity contribution in [1.29, 1.82) is 0 Å². The van der Waals surface area contributed by atoms with Crippen LogP contribution >= 0.6 is 0 Å². The van der Waals surface area contributed by atoms with Crippen LogP contribution in [0.2, 0.25) is 5.04 Å². The smallest absolute Gasteiger partial charge is 0.303 e. The molecule has 3 aromatic rings. The third kappa shape index (κ3) is 5.63. The Labute approximate surface area is 215 Å². The van der Waals surface area contributed by atoms with Gasteiger partial charge < -0.3 is 9.53 Å².